The summed E-state index contributed by atoms with van der Waals surface area (Å²) >= 11 is 6.84. The maximum absolute atomic E-state index is 11.4. The maximum Gasteiger partial charge on any atom is 0.271 e. The number of benzene rings is 2. The van der Waals surface area contributed by atoms with E-state index in [0.29, 0.717) is 16.7 Å². The number of carbonyl (C=O) groups excluding carboxylic acids is 1. The second-order valence-corrected chi connectivity index (χ2v) is 9.53. The van der Waals surface area contributed by atoms with Crippen LogP contribution in [0, 0.1) is 11.3 Å². The van der Waals surface area contributed by atoms with Crippen molar-refractivity contribution in [3.8, 4) is 17.4 Å². The van der Waals surface area contributed by atoms with E-state index in [1.165, 1.54) is 0 Å². The van der Waals surface area contributed by atoms with Gasteiger partial charge in [-0.05, 0) is 60.7 Å². The molecule has 2 aromatic carbocycles. The van der Waals surface area contributed by atoms with Crippen molar-refractivity contribution in [3.63, 3.8) is 0 Å². The van der Waals surface area contributed by atoms with E-state index in [0.717, 1.165) is 31.4 Å². The highest BCUT2D eigenvalue weighted by atomic mass is 79.9. The Bertz CT molecular complexity index is 1820. The highest BCUT2D eigenvalue weighted by Gasteiger charge is 2.16. The van der Waals surface area contributed by atoms with Crippen LogP contribution in [-0.2, 0) is 0 Å². The van der Waals surface area contributed by atoms with E-state index in [1.807, 2.05) is 66.7 Å². The lowest BCUT2D eigenvalue weighted by Crippen LogP contribution is -2.12. The molecule has 0 saturated heterocycles. The Morgan fingerprint density at radius 2 is 1.32 bits per heavy atom. The van der Waals surface area contributed by atoms with Gasteiger partial charge in [0.1, 0.15) is 17.1 Å². The first-order chi connectivity index (χ1) is 18.0. The molecule has 0 aliphatic carbocycles. The van der Waals surface area contributed by atoms with Crippen LogP contribution in [0.25, 0.3) is 33.4 Å². The fourth-order valence-corrected chi connectivity index (χ4v) is 4.53. The van der Waals surface area contributed by atoms with Crippen molar-refractivity contribution in [3.05, 3.63) is 106 Å². The third kappa shape index (κ3) is 4.84. The molecule has 4 heterocycles. The number of rotatable bonds is 3. The number of nitrogens with two attached hydrogens (primary N) is 1. The summed E-state index contributed by atoms with van der Waals surface area (Å²) in [5.74, 6) is -0.586. The number of hydrogen-bond acceptors (Lipinski definition) is 6. The predicted molar refractivity (Wildman–Crippen MR) is 146 cm³/mol. The molecule has 180 valence electrons. The molecular weight excluding hydrogens is 600 g/mol. The summed E-state index contributed by atoms with van der Waals surface area (Å²) in [7, 11) is 0. The molecular formula is C26H16Br2N8O. The van der Waals surface area contributed by atoms with Crippen molar-refractivity contribution in [2.75, 3.05) is 0 Å². The van der Waals surface area contributed by atoms with Crippen molar-refractivity contribution in [2.45, 2.75) is 0 Å². The van der Waals surface area contributed by atoms with E-state index in [9.17, 15) is 4.79 Å². The average Bonchev–Trinajstić information content (AvgIpc) is 3.48. The van der Waals surface area contributed by atoms with Gasteiger partial charge in [-0.25, -0.2) is 9.36 Å². The zero-order valence-corrected chi connectivity index (χ0v) is 22.1. The minimum atomic E-state index is -0.586. The zero-order chi connectivity index (χ0) is 25.9. The number of aromatic nitrogens is 6. The summed E-state index contributed by atoms with van der Waals surface area (Å²) in [6.45, 7) is 0. The van der Waals surface area contributed by atoms with E-state index in [-0.39, 0.29) is 5.69 Å². The lowest BCUT2D eigenvalue weighted by Gasteiger charge is -2.03. The fraction of sp³-hybridized carbons (Fsp3) is 0. The molecule has 37 heavy (non-hydrogen) atoms. The van der Waals surface area contributed by atoms with Gasteiger partial charge in [-0.1, -0.05) is 44.0 Å². The van der Waals surface area contributed by atoms with Crippen molar-refractivity contribution < 1.29 is 4.79 Å². The number of halogens is 2. The summed E-state index contributed by atoms with van der Waals surface area (Å²) in [6, 6.07) is 24.8. The number of pyridine rings is 2. The van der Waals surface area contributed by atoms with Gasteiger partial charge in [0.2, 0.25) is 0 Å². The highest BCUT2D eigenvalue weighted by molar-refractivity contribution is 9.10. The number of carbonyl (C=O) groups is 1. The molecule has 2 N–H and O–H groups in total. The molecule has 0 atom stereocenters. The Morgan fingerprint density at radius 3 is 1.86 bits per heavy atom. The van der Waals surface area contributed by atoms with E-state index in [4.69, 9.17) is 11.0 Å². The molecule has 1 amide bonds. The summed E-state index contributed by atoms with van der Waals surface area (Å²) < 4.78 is 5.28. The maximum atomic E-state index is 11.4. The quantitative estimate of drug-likeness (QED) is 0.286. The van der Waals surface area contributed by atoms with Crippen LogP contribution in [-0.4, -0.2) is 35.4 Å². The largest absolute Gasteiger partial charge is 0.364 e. The third-order valence-electron chi connectivity index (χ3n) is 5.32. The van der Waals surface area contributed by atoms with Crippen LogP contribution >= 0.6 is 31.9 Å². The van der Waals surface area contributed by atoms with Crippen LogP contribution in [0.2, 0.25) is 0 Å². The predicted octanol–water partition coefficient (Wildman–Crippen LogP) is 5.34. The van der Waals surface area contributed by atoms with Gasteiger partial charge in [-0.2, -0.15) is 15.5 Å². The molecule has 6 rings (SSSR count). The monoisotopic (exact) mass is 614 g/mol. The van der Waals surface area contributed by atoms with Gasteiger partial charge in [0.25, 0.3) is 5.91 Å². The number of amides is 1. The summed E-state index contributed by atoms with van der Waals surface area (Å²) in [5, 5.41) is 17.6. The smallest absolute Gasteiger partial charge is 0.271 e. The first-order valence-electron chi connectivity index (χ1n) is 10.9. The zero-order valence-electron chi connectivity index (χ0n) is 19.0. The number of fused-ring (bicyclic) bond motifs is 2. The molecule has 0 spiro atoms. The van der Waals surface area contributed by atoms with Gasteiger partial charge in [-0.3, -0.25) is 14.8 Å². The topological polar surface area (TPSA) is 128 Å². The number of nitriles is 1. The Balaban J connectivity index is 0.000000152. The molecule has 0 unspecified atom stereocenters. The van der Waals surface area contributed by atoms with Crippen LogP contribution in [0.15, 0.2) is 94.1 Å². The molecule has 0 aliphatic rings. The number of primary amides is 1. The summed E-state index contributed by atoms with van der Waals surface area (Å²) in [4.78, 5) is 19.8. The van der Waals surface area contributed by atoms with Crippen LogP contribution in [0.5, 0.6) is 0 Å². The lowest BCUT2D eigenvalue weighted by molar-refractivity contribution is 0.0996. The Kier molecular flexibility index (Phi) is 6.76. The van der Waals surface area contributed by atoms with Gasteiger partial charge < -0.3 is 5.73 Å². The SMILES string of the molecule is N#Cc1nn(-c2cccc(Br)c2)c2cccnc12.NC(=O)c1nn(-c2cccc(Br)c2)c2cccnc12. The second kappa shape index (κ2) is 10.3. The lowest BCUT2D eigenvalue weighted by atomic mass is 10.3. The first kappa shape index (κ1) is 24.3. The Morgan fingerprint density at radius 1 is 0.784 bits per heavy atom. The van der Waals surface area contributed by atoms with Crippen molar-refractivity contribution in [1.82, 2.24) is 29.5 Å². The molecule has 0 saturated carbocycles. The Hall–Kier alpha value is -4.40. The minimum absolute atomic E-state index is 0.176. The summed E-state index contributed by atoms with van der Waals surface area (Å²) in [5.41, 5.74) is 10.3. The molecule has 0 aliphatic heterocycles. The molecule has 0 fully saturated rings. The molecule has 9 nitrogen and oxygen atoms in total. The molecule has 6 aromatic rings. The van der Waals surface area contributed by atoms with Crippen molar-refractivity contribution >= 4 is 59.8 Å². The molecule has 4 aromatic heterocycles. The van der Waals surface area contributed by atoms with Crippen LogP contribution < -0.4 is 5.73 Å². The van der Waals surface area contributed by atoms with E-state index < -0.39 is 5.91 Å². The van der Waals surface area contributed by atoms with E-state index >= 15 is 0 Å². The Labute approximate surface area is 227 Å². The number of hydrogen-bond donors (Lipinski definition) is 1. The molecule has 0 bridgehead atoms. The van der Waals surface area contributed by atoms with Gasteiger partial charge in [0.15, 0.2) is 11.4 Å². The fourth-order valence-electron chi connectivity index (χ4n) is 3.75. The molecule has 11 heteroatoms. The van der Waals surface area contributed by atoms with Gasteiger partial charge in [-0.15, -0.1) is 0 Å². The van der Waals surface area contributed by atoms with Crippen LogP contribution in [0.3, 0.4) is 0 Å². The van der Waals surface area contributed by atoms with Crippen molar-refractivity contribution in [2.24, 2.45) is 5.73 Å². The minimum Gasteiger partial charge on any atom is -0.364 e. The normalized spacial score (nSPS) is 10.6. The average molecular weight is 616 g/mol. The standard InChI is InChI=1S/C13H9BrN4O.C13H7BrN4/c14-8-3-1-4-9(7-8)18-10-5-2-6-16-11(10)12(17-18)13(15)19;14-9-3-1-4-10(7-9)18-12-5-2-6-16-13(12)11(8-15)17-18/h1-7H,(H2,15,19);1-7H. The number of nitrogens with zero attached hydrogens (tertiary/aromatic N) is 7. The molecule has 0 radical (unpaired) electrons. The van der Waals surface area contributed by atoms with Gasteiger partial charge in [0, 0.05) is 21.3 Å². The van der Waals surface area contributed by atoms with Crippen LogP contribution in [0.4, 0.5) is 0 Å². The second-order valence-electron chi connectivity index (χ2n) is 7.70. The van der Waals surface area contributed by atoms with Crippen LogP contribution in [0.1, 0.15) is 16.2 Å². The van der Waals surface area contributed by atoms with Gasteiger partial charge >= 0.3 is 0 Å². The van der Waals surface area contributed by atoms with Gasteiger partial charge in [0.05, 0.1) is 22.4 Å². The highest BCUT2D eigenvalue weighted by Crippen LogP contribution is 2.23. The third-order valence-corrected chi connectivity index (χ3v) is 6.31. The summed E-state index contributed by atoms with van der Waals surface area (Å²) in [6.07, 6.45) is 3.28. The van der Waals surface area contributed by atoms with Crippen molar-refractivity contribution in [1.29, 1.82) is 5.26 Å². The van der Waals surface area contributed by atoms with E-state index in [2.05, 4.69) is 58.1 Å². The first-order valence-corrected chi connectivity index (χ1v) is 12.4. The van der Waals surface area contributed by atoms with E-state index in [1.54, 1.807) is 27.8 Å².